The summed E-state index contributed by atoms with van der Waals surface area (Å²) >= 11 is 0. The number of fused-ring (bicyclic) bond motifs is 1. The number of aromatic nitrogens is 1. The maximum absolute atomic E-state index is 13.8. The number of halogens is 2. The Morgan fingerprint density at radius 1 is 0.846 bits per heavy atom. The molecule has 0 unspecified atom stereocenters. The Morgan fingerprint density at radius 3 is 2.42 bits per heavy atom. The first-order chi connectivity index (χ1) is 12.7. The Labute approximate surface area is 151 Å². The minimum Gasteiger partial charge on any atom is -0.297 e. The molecular weight excluding hydrogens is 332 g/mol. The molecule has 0 aliphatic carbocycles. The van der Waals surface area contributed by atoms with Gasteiger partial charge in [-0.2, -0.15) is 0 Å². The van der Waals surface area contributed by atoms with Gasteiger partial charge < -0.3 is 0 Å². The van der Waals surface area contributed by atoms with E-state index in [2.05, 4.69) is 39.0 Å². The van der Waals surface area contributed by atoms with Crippen LogP contribution in [0.1, 0.15) is 11.1 Å². The van der Waals surface area contributed by atoms with Gasteiger partial charge in [0.05, 0.1) is 5.52 Å². The van der Waals surface area contributed by atoms with Gasteiger partial charge in [0.25, 0.3) is 0 Å². The molecule has 4 rings (SSSR count). The average molecular weight is 353 g/mol. The molecule has 0 spiro atoms. The molecule has 0 bridgehead atoms. The van der Waals surface area contributed by atoms with Gasteiger partial charge in [0.1, 0.15) is 11.6 Å². The third-order valence-electron chi connectivity index (χ3n) is 4.94. The summed E-state index contributed by atoms with van der Waals surface area (Å²) in [6.07, 6.45) is 1.81. The summed E-state index contributed by atoms with van der Waals surface area (Å²) in [5.41, 5.74) is 2.72. The minimum atomic E-state index is -0.383. The van der Waals surface area contributed by atoms with Gasteiger partial charge in [-0.3, -0.25) is 14.8 Å². The summed E-state index contributed by atoms with van der Waals surface area (Å²) in [7, 11) is 0. The summed E-state index contributed by atoms with van der Waals surface area (Å²) < 4.78 is 27.1. The SMILES string of the molecule is Fc1ccc(F)c(CN2CCN(Cc3ccc4ncccc4c3)CC2)c1. The van der Waals surface area contributed by atoms with Crippen molar-refractivity contribution in [1.82, 2.24) is 14.8 Å². The topological polar surface area (TPSA) is 19.4 Å². The Bertz CT molecular complexity index is 905. The first kappa shape index (κ1) is 17.1. The normalized spacial score (nSPS) is 16.2. The van der Waals surface area contributed by atoms with Crippen LogP contribution in [0, 0.1) is 11.6 Å². The van der Waals surface area contributed by atoms with Crippen LogP contribution in [-0.2, 0) is 13.1 Å². The second-order valence-corrected chi connectivity index (χ2v) is 6.82. The number of nitrogens with zero attached hydrogens (tertiary/aromatic N) is 3. The van der Waals surface area contributed by atoms with Crippen molar-refractivity contribution in [2.45, 2.75) is 13.1 Å². The van der Waals surface area contributed by atoms with Gasteiger partial charge in [-0.25, -0.2) is 8.78 Å². The quantitative estimate of drug-likeness (QED) is 0.711. The van der Waals surface area contributed by atoms with Crippen LogP contribution in [0.4, 0.5) is 8.78 Å². The lowest BCUT2D eigenvalue weighted by Crippen LogP contribution is -2.45. The molecule has 0 atom stereocenters. The molecule has 1 fully saturated rings. The molecule has 1 aromatic heterocycles. The fraction of sp³-hybridized carbons (Fsp3) is 0.286. The molecule has 2 heterocycles. The van der Waals surface area contributed by atoms with Gasteiger partial charge in [0.15, 0.2) is 0 Å². The first-order valence-corrected chi connectivity index (χ1v) is 8.90. The summed E-state index contributed by atoms with van der Waals surface area (Å²) in [5, 5.41) is 1.16. The van der Waals surface area contributed by atoms with Crippen molar-refractivity contribution in [2.75, 3.05) is 26.2 Å². The van der Waals surface area contributed by atoms with Gasteiger partial charge in [-0.05, 0) is 42.0 Å². The molecule has 0 saturated carbocycles. The van der Waals surface area contributed by atoms with E-state index in [9.17, 15) is 8.78 Å². The number of hydrogen-bond acceptors (Lipinski definition) is 3. The lowest BCUT2D eigenvalue weighted by molar-refractivity contribution is 0.121. The van der Waals surface area contributed by atoms with Crippen LogP contribution < -0.4 is 0 Å². The van der Waals surface area contributed by atoms with Gasteiger partial charge in [0.2, 0.25) is 0 Å². The van der Waals surface area contributed by atoms with Crippen molar-refractivity contribution >= 4 is 10.9 Å². The van der Waals surface area contributed by atoms with E-state index in [-0.39, 0.29) is 11.6 Å². The summed E-state index contributed by atoms with van der Waals surface area (Å²) in [6, 6.07) is 14.1. The maximum atomic E-state index is 13.8. The van der Waals surface area contributed by atoms with Crippen LogP contribution in [0.2, 0.25) is 0 Å². The Kier molecular flexibility index (Phi) is 4.91. The predicted octanol–water partition coefficient (Wildman–Crippen LogP) is 3.83. The fourth-order valence-electron chi connectivity index (χ4n) is 3.49. The number of benzene rings is 2. The first-order valence-electron chi connectivity index (χ1n) is 8.90. The lowest BCUT2D eigenvalue weighted by atomic mass is 10.1. The highest BCUT2D eigenvalue weighted by molar-refractivity contribution is 5.78. The van der Waals surface area contributed by atoms with E-state index in [1.54, 1.807) is 0 Å². The number of rotatable bonds is 4. The lowest BCUT2D eigenvalue weighted by Gasteiger charge is -2.34. The Hall–Kier alpha value is -2.37. The van der Waals surface area contributed by atoms with E-state index >= 15 is 0 Å². The molecule has 5 heteroatoms. The van der Waals surface area contributed by atoms with Crippen molar-refractivity contribution in [1.29, 1.82) is 0 Å². The molecule has 1 aliphatic rings. The third-order valence-corrected chi connectivity index (χ3v) is 4.94. The summed E-state index contributed by atoms with van der Waals surface area (Å²) in [6.45, 7) is 4.90. The Morgan fingerprint density at radius 2 is 1.62 bits per heavy atom. The molecule has 0 amide bonds. The van der Waals surface area contributed by atoms with Gasteiger partial charge in [-0.15, -0.1) is 0 Å². The van der Waals surface area contributed by atoms with Crippen LogP contribution in [0.25, 0.3) is 10.9 Å². The molecule has 0 radical (unpaired) electrons. The zero-order valence-corrected chi connectivity index (χ0v) is 14.5. The van der Waals surface area contributed by atoms with E-state index < -0.39 is 0 Å². The second-order valence-electron chi connectivity index (χ2n) is 6.82. The molecule has 1 aliphatic heterocycles. The smallest absolute Gasteiger partial charge is 0.127 e. The van der Waals surface area contributed by atoms with Crippen molar-refractivity contribution in [3.05, 3.63) is 77.5 Å². The number of pyridine rings is 1. The molecule has 2 aromatic carbocycles. The van der Waals surface area contributed by atoms with Crippen LogP contribution in [0.3, 0.4) is 0 Å². The van der Waals surface area contributed by atoms with Crippen LogP contribution in [0.15, 0.2) is 54.7 Å². The number of piperazine rings is 1. The van der Waals surface area contributed by atoms with Crippen LogP contribution in [-0.4, -0.2) is 41.0 Å². The number of hydrogen-bond donors (Lipinski definition) is 0. The predicted molar refractivity (Wildman–Crippen MR) is 98.7 cm³/mol. The summed E-state index contributed by atoms with van der Waals surface area (Å²) in [4.78, 5) is 8.93. The molecule has 1 saturated heterocycles. The molecule has 134 valence electrons. The van der Waals surface area contributed by atoms with Gasteiger partial charge in [-0.1, -0.05) is 12.1 Å². The maximum Gasteiger partial charge on any atom is 0.127 e. The van der Waals surface area contributed by atoms with Crippen molar-refractivity contribution in [3.8, 4) is 0 Å². The van der Waals surface area contributed by atoms with E-state index in [1.807, 2.05) is 12.3 Å². The van der Waals surface area contributed by atoms with Crippen molar-refractivity contribution in [2.24, 2.45) is 0 Å². The molecule has 3 nitrogen and oxygen atoms in total. The zero-order valence-electron chi connectivity index (χ0n) is 14.5. The van der Waals surface area contributed by atoms with E-state index in [0.717, 1.165) is 49.7 Å². The zero-order chi connectivity index (χ0) is 17.9. The highest BCUT2D eigenvalue weighted by Crippen LogP contribution is 2.17. The fourth-order valence-corrected chi connectivity index (χ4v) is 3.49. The monoisotopic (exact) mass is 353 g/mol. The largest absolute Gasteiger partial charge is 0.297 e. The molecule has 0 N–H and O–H groups in total. The molecule has 26 heavy (non-hydrogen) atoms. The molecule has 3 aromatic rings. The van der Waals surface area contributed by atoms with Crippen LogP contribution in [0.5, 0.6) is 0 Å². The van der Waals surface area contributed by atoms with E-state index in [4.69, 9.17) is 0 Å². The average Bonchev–Trinajstić information content (AvgIpc) is 2.66. The van der Waals surface area contributed by atoms with Gasteiger partial charge >= 0.3 is 0 Å². The highest BCUT2D eigenvalue weighted by Gasteiger charge is 2.18. The third kappa shape index (κ3) is 3.89. The Balaban J connectivity index is 1.35. The highest BCUT2D eigenvalue weighted by atomic mass is 19.1. The summed E-state index contributed by atoms with van der Waals surface area (Å²) in [5.74, 6) is -0.718. The standard InChI is InChI=1S/C21H21F2N3/c22-19-4-5-20(23)18(13-19)15-26-10-8-25(9-11-26)14-16-3-6-21-17(12-16)2-1-7-24-21/h1-7,12-13H,8-11,14-15H2. The van der Waals surface area contributed by atoms with E-state index in [1.165, 1.54) is 17.7 Å². The van der Waals surface area contributed by atoms with E-state index in [0.29, 0.717) is 12.1 Å². The minimum absolute atomic E-state index is 0.335. The van der Waals surface area contributed by atoms with Crippen molar-refractivity contribution in [3.63, 3.8) is 0 Å². The van der Waals surface area contributed by atoms with Crippen molar-refractivity contribution < 1.29 is 8.78 Å². The van der Waals surface area contributed by atoms with Crippen LogP contribution >= 0.6 is 0 Å². The van der Waals surface area contributed by atoms with Gasteiger partial charge in [0, 0.05) is 56.4 Å². The second kappa shape index (κ2) is 7.48. The molecular formula is C21H21F2N3.